The third-order valence-corrected chi connectivity index (χ3v) is 3.32. The molecule has 0 bridgehead atoms. The van der Waals surface area contributed by atoms with Crippen LogP contribution in [0.25, 0.3) is 0 Å². The number of benzene rings is 1. The molecule has 1 fully saturated rings. The fourth-order valence-corrected chi connectivity index (χ4v) is 2.19. The van der Waals surface area contributed by atoms with Gasteiger partial charge < -0.3 is 14.8 Å². The van der Waals surface area contributed by atoms with Crippen LogP contribution in [0.4, 0.5) is 5.69 Å². The van der Waals surface area contributed by atoms with E-state index in [1.165, 1.54) is 6.92 Å². The Morgan fingerprint density at radius 1 is 1.45 bits per heavy atom. The number of rotatable bonds is 5. The molecular weight excluding hydrogens is 256 g/mol. The first-order valence-corrected chi connectivity index (χ1v) is 6.61. The number of carbonyl (C=O) groups is 1. The predicted molar refractivity (Wildman–Crippen MR) is 74.6 cm³/mol. The highest BCUT2D eigenvalue weighted by Gasteiger charge is 2.30. The van der Waals surface area contributed by atoms with Gasteiger partial charge in [-0.2, -0.15) is 5.26 Å². The molecule has 5 heteroatoms. The van der Waals surface area contributed by atoms with Gasteiger partial charge in [-0.3, -0.25) is 4.79 Å². The molecule has 0 aliphatic carbocycles. The Bertz CT molecular complexity index is 543. The second-order valence-electron chi connectivity index (χ2n) is 4.94. The van der Waals surface area contributed by atoms with Gasteiger partial charge in [0, 0.05) is 24.2 Å². The molecule has 1 aliphatic rings. The van der Waals surface area contributed by atoms with Crippen LogP contribution in [0, 0.1) is 11.3 Å². The number of hydrogen-bond donors (Lipinski definition) is 1. The van der Waals surface area contributed by atoms with E-state index in [0.717, 1.165) is 0 Å². The summed E-state index contributed by atoms with van der Waals surface area (Å²) < 4.78 is 11.0. The molecule has 5 nitrogen and oxygen atoms in total. The predicted octanol–water partition coefficient (Wildman–Crippen LogP) is 2.33. The summed E-state index contributed by atoms with van der Waals surface area (Å²) in [5.41, 5.74) is 1.79. The first-order chi connectivity index (χ1) is 9.54. The molecule has 2 rings (SSSR count). The average molecular weight is 274 g/mol. The zero-order chi connectivity index (χ0) is 14.6. The highest BCUT2D eigenvalue weighted by molar-refractivity contribution is 5.99. The van der Waals surface area contributed by atoms with E-state index < -0.39 is 5.79 Å². The number of ketones is 1. The summed E-state index contributed by atoms with van der Waals surface area (Å²) >= 11 is 0. The fraction of sp³-hybridized carbons (Fsp3) is 0.467. The lowest BCUT2D eigenvalue weighted by Gasteiger charge is -2.22. The molecule has 0 saturated carbocycles. The molecule has 1 saturated heterocycles. The van der Waals surface area contributed by atoms with Gasteiger partial charge in [-0.25, -0.2) is 0 Å². The van der Waals surface area contributed by atoms with Crippen molar-refractivity contribution in [2.75, 3.05) is 25.1 Å². The lowest BCUT2D eigenvalue weighted by molar-refractivity contribution is -0.144. The number of anilines is 1. The van der Waals surface area contributed by atoms with Crippen LogP contribution in [0.3, 0.4) is 0 Å². The normalized spacial score (nSPS) is 16.6. The maximum absolute atomic E-state index is 11.6. The van der Waals surface area contributed by atoms with E-state index in [9.17, 15) is 4.79 Å². The largest absolute Gasteiger partial charge is 0.384 e. The first-order valence-electron chi connectivity index (χ1n) is 6.61. The summed E-state index contributed by atoms with van der Waals surface area (Å²) in [5.74, 6) is -0.590. The molecule has 1 aliphatic heterocycles. The summed E-state index contributed by atoms with van der Waals surface area (Å²) in [6.07, 6.45) is 0.668. The van der Waals surface area contributed by atoms with Crippen LogP contribution in [0.15, 0.2) is 18.2 Å². The Morgan fingerprint density at radius 3 is 2.75 bits per heavy atom. The number of hydrogen-bond acceptors (Lipinski definition) is 5. The Balaban J connectivity index is 2.04. The standard InChI is InChI=1S/C15H18N2O3/c1-11(18)13-4-3-12(10-16)9-14(13)17-6-5-15(2)19-7-8-20-15/h3-4,9,17H,5-8H2,1-2H3. The zero-order valence-corrected chi connectivity index (χ0v) is 11.7. The number of nitrogens with zero attached hydrogens (tertiary/aromatic N) is 1. The van der Waals surface area contributed by atoms with Crippen LogP contribution in [0.1, 0.15) is 36.2 Å². The smallest absolute Gasteiger partial charge is 0.167 e. The molecule has 20 heavy (non-hydrogen) atoms. The maximum atomic E-state index is 11.6. The molecule has 0 spiro atoms. The second kappa shape index (κ2) is 6.04. The minimum atomic E-state index is -0.559. The summed E-state index contributed by atoms with van der Waals surface area (Å²) in [6, 6.07) is 7.08. The van der Waals surface area contributed by atoms with E-state index in [-0.39, 0.29) is 5.78 Å². The van der Waals surface area contributed by atoms with E-state index in [2.05, 4.69) is 11.4 Å². The molecule has 0 aromatic heterocycles. The van der Waals surface area contributed by atoms with Crippen molar-refractivity contribution in [3.8, 4) is 6.07 Å². The molecule has 1 aromatic rings. The van der Waals surface area contributed by atoms with Crippen molar-refractivity contribution in [1.29, 1.82) is 5.26 Å². The van der Waals surface area contributed by atoms with E-state index in [1.807, 2.05) is 6.92 Å². The molecule has 1 heterocycles. The van der Waals surface area contributed by atoms with Crippen molar-refractivity contribution in [2.24, 2.45) is 0 Å². The van der Waals surface area contributed by atoms with Crippen LogP contribution >= 0.6 is 0 Å². The van der Waals surface area contributed by atoms with Gasteiger partial charge >= 0.3 is 0 Å². The third kappa shape index (κ3) is 3.35. The molecule has 1 N–H and O–H groups in total. The van der Waals surface area contributed by atoms with E-state index >= 15 is 0 Å². The highest BCUT2D eigenvalue weighted by atomic mass is 16.7. The van der Waals surface area contributed by atoms with Gasteiger partial charge in [0.1, 0.15) is 0 Å². The lowest BCUT2D eigenvalue weighted by Crippen LogP contribution is -2.28. The topological polar surface area (TPSA) is 71.4 Å². The van der Waals surface area contributed by atoms with Crippen LogP contribution in [-0.4, -0.2) is 31.3 Å². The van der Waals surface area contributed by atoms with Crippen molar-refractivity contribution in [3.63, 3.8) is 0 Å². The van der Waals surface area contributed by atoms with E-state index in [4.69, 9.17) is 14.7 Å². The summed E-state index contributed by atoms with van der Waals surface area (Å²) in [7, 11) is 0. The van der Waals surface area contributed by atoms with Gasteiger partial charge in [-0.15, -0.1) is 0 Å². The van der Waals surface area contributed by atoms with Crippen molar-refractivity contribution in [3.05, 3.63) is 29.3 Å². The van der Waals surface area contributed by atoms with Gasteiger partial charge in [0.05, 0.1) is 24.8 Å². The van der Waals surface area contributed by atoms with Crippen LogP contribution < -0.4 is 5.32 Å². The number of nitrogens with one attached hydrogen (secondary N) is 1. The van der Waals surface area contributed by atoms with Gasteiger partial charge in [0.25, 0.3) is 0 Å². The molecule has 0 unspecified atom stereocenters. The molecular formula is C15H18N2O3. The van der Waals surface area contributed by atoms with Gasteiger partial charge in [0.2, 0.25) is 0 Å². The van der Waals surface area contributed by atoms with Crippen LogP contribution in [-0.2, 0) is 9.47 Å². The van der Waals surface area contributed by atoms with Crippen LogP contribution in [0.5, 0.6) is 0 Å². The number of nitriles is 1. The van der Waals surface area contributed by atoms with Crippen molar-refractivity contribution in [1.82, 2.24) is 0 Å². The monoisotopic (exact) mass is 274 g/mol. The molecule has 0 amide bonds. The SMILES string of the molecule is CC(=O)c1ccc(C#N)cc1NCCC1(C)OCCO1. The second-order valence-corrected chi connectivity index (χ2v) is 4.94. The summed E-state index contributed by atoms with van der Waals surface area (Å²) in [6.45, 7) is 5.24. The first kappa shape index (κ1) is 14.5. The van der Waals surface area contributed by atoms with Gasteiger partial charge in [-0.05, 0) is 32.0 Å². The number of ether oxygens (including phenoxy) is 2. The van der Waals surface area contributed by atoms with Gasteiger partial charge in [0.15, 0.2) is 11.6 Å². The van der Waals surface area contributed by atoms with Crippen molar-refractivity contribution < 1.29 is 14.3 Å². The Morgan fingerprint density at radius 2 is 2.15 bits per heavy atom. The Labute approximate surface area is 118 Å². The molecule has 1 aromatic carbocycles. The zero-order valence-electron chi connectivity index (χ0n) is 11.7. The Kier molecular flexibility index (Phi) is 4.38. The molecule has 106 valence electrons. The summed E-state index contributed by atoms with van der Waals surface area (Å²) in [5, 5.41) is 12.1. The van der Waals surface area contributed by atoms with Crippen LogP contribution in [0.2, 0.25) is 0 Å². The molecule has 0 atom stereocenters. The van der Waals surface area contributed by atoms with Crippen molar-refractivity contribution in [2.45, 2.75) is 26.1 Å². The number of carbonyl (C=O) groups excluding carboxylic acids is 1. The fourth-order valence-electron chi connectivity index (χ4n) is 2.19. The number of Topliss-reactive ketones (excluding diaryl/α,β-unsaturated/α-hetero) is 1. The van der Waals surface area contributed by atoms with Crippen molar-refractivity contribution >= 4 is 11.5 Å². The molecule has 0 radical (unpaired) electrons. The minimum Gasteiger partial charge on any atom is -0.384 e. The summed E-state index contributed by atoms with van der Waals surface area (Å²) in [4.78, 5) is 11.6. The highest BCUT2D eigenvalue weighted by Crippen LogP contribution is 2.24. The third-order valence-electron chi connectivity index (χ3n) is 3.32. The maximum Gasteiger partial charge on any atom is 0.167 e. The Hall–Kier alpha value is -1.90. The van der Waals surface area contributed by atoms with E-state index in [1.54, 1.807) is 18.2 Å². The lowest BCUT2D eigenvalue weighted by atomic mass is 10.1. The minimum absolute atomic E-state index is 0.0310. The average Bonchev–Trinajstić information content (AvgIpc) is 2.85. The van der Waals surface area contributed by atoms with Gasteiger partial charge in [-0.1, -0.05) is 0 Å². The quantitative estimate of drug-likeness (QED) is 0.834. The van der Waals surface area contributed by atoms with E-state index in [0.29, 0.717) is 43.0 Å².